The van der Waals surface area contributed by atoms with Gasteiger partial charge >= 0.3 is 0 Å². The summed E-state index contributed by atoms with van der Waals surface area (Å²) in [7, 11) is 0. The molecule has 0 fully saturated rings. The van der Waals surface area contributed by atoms with Gasteiger partial charge in [0, 0.05) is 17.2 Å². The molecule has 2 unspecified atom stereocenters. The Morgan fingerprint density at radius 1 is 1.38 bits per heavy atom. The Labute approximate surface area is 140 Å². The number of fused-ring (bicyclic) bond motifs is 1. The van der Waals surface area contributed by atoms with Gasteiger partial charge in [-0.3, -0.25) is 0 Å². The molecule has 2 atom stereocenters. The van der Waals surface area contributed by atoms with E-state index in [4.69, 9.17) is 11.6 Å². The van der Waals surface area contributed by atoms with Crippen LogP contribution in [-0.2, 0) is 6.54 Å². The van der Waals surface area contributed by atoms with Gasteiger partial charge in [0.2, 0.25) is 0 Å². The zero-order valence-electron chi connectivity index (χ0n) is 12.9. The van der Waals surface area contributed by atoms with E-state index < -0.39 is 0 Å². The van der Waals surface area contributed by atoms with E-state index in [1.807, 2.05) is 19.2 Å². The van der Waals surface area contributed by atoms with Crippen molar-refractivity contribution in [2.75, 3.05) is 0 Å². The van der Waals surface area contributed by atoms with Gasteiger partial charge in [-0.05, 0) is 41.3 Å². The topological polar surface area (TPSA) is 30.7 Å². The maximum atomic E-state index is 6.33. The fraction of sp³-hybridized carbons (Fsp3) is 0.625. The first-order valence-electron chi connectivity index (χ1n) is 7.72. The van der Waals surface area contributed by atoms with Gasteiger partial charge in [-0.1, -0.05) is 33.1 Å². The molecule has 5 heteroatoms. The largest absolute Gasteiger partial charge is 0.311 e. The van der Waals surface area contributed by atoms with E-state index in [1.54, 1.807) is 0 Å². The number of rotatable bonds is 7. The number of aromatic nitrogens is 3. The quantitative estimate of drug-likeness (QED) is 0.583. The van der Waals surface area contributed by atoms with Gasteiger partial charge < -0.3 is 4.57 Å². The molecule has 116 valence electrons. The van der Waals surface area contributed by atoms with E-state index in [2.05, 4.69) is 44.3 Å². The minimum atomic E-state index is -0.110. The molecule has 0 N–H and O–H groups in total. The summed E-state index contributed by atoms with van der Waals surface area (Å²) in [6.45, 7) is 7.42. The van der Waals surface area contributed by atoms with Crippen LogP contribution in [0.1, 0.15) is 57.7 Å². The molecule has 0 aliphatic heterocycles. The first-order valence-corrected chi connectivity index (χ1v) is 8.95. The van der Waals surface area contributed by atoms with Crippen molar-refractivity contribution < 1.29 is 0 Å². The summed E-state index contributed by atoms with van der Waals surface area (Å²) < 4.78 is 3.16. The van der Waals surface area contributed by atoms with Gasteiger partial charge in [-0.15, -0.1) is 11.6 Å². The summed E-state index contributed by atoms with van der Waals surface area (Å²) in [5.41, 5.74) is 1.85. The lowest BCUT2D eigenvalue weighted by molar-refractivity contribution is 0.388. The number of hydrogen-bond acceptors (Lipinski definition) is 2. The number of nitrogens with zero attached hydrogens (tertiary/aromatic N) is 3. The molecule has 2 heterocycles. The summed E-state index contributed by atoms with van der Waals surface area (Å²) in [5, 5.41) is -0.110. The Morgan fingerprint density at radius 2 is 2.14 bits per heavy atom. The molecule has 21 heavy (non-hydrogen) atoms. The third-order valence-corrected chi connectivity index (χ3v) is 4.55. The van der Waals surface area contributed by atoms with Gasteiger partial charge in [0.25, 0.3) is 0 Å². The lowest BCUT2D eigenvalue weighted by Gasteiger charge is -2.18. The van der Waals surface area contributed by atoms with Crippen molar-refractivity contribution in [1.82, 2.24) is 14.5 Å². The lowest BCUT2D eigenvalue weighted by Crippen LogP contribution is -2.13. The molecular weight excluding hydrogens is 350 g/mol. The van der Waals surface area contributed by atoms with Gasteiger partial charge in [0.15, 0.2) is 5.65 Å². The van der Waals surface area contributed by atoms with E-state index in [0.717, 1.165) is 28.0 Å². The maximum Gasteiger partial charge on any atom is 0.160 e. The number of hydrogen-bond donors (Lipinski definition) is 0. The van der Waals surface area contributed by atoms with Gasteiger partial charge in [-0.2, -0.15) is 0 Å². The predicted molar refractivity (Wildman–Crippen MR) is 92.8 cm³/mol. The molecule has 0 radical (unpaired) electrons. The Balaban J connectivity index is 2.37. The first-order chi connectivity index (χ1) is 10.1. The highest BCUT2D eigenvalue weighted by Crippen LogP contribution is 2.27. The van der Waals surface area contributed by atoms with Crippen molar-refractivity contribution in [3.8, 4) is 0 Å². The molecule has 0 bridgehead atoms. The monoisotopic (exact) mass is 371 g/mol. The van der Waals surface area contributed by atoms with Crippen molar-refractivity contribution in [2.24, 2.45) is 5.92 Å². The van der Waals surface area contributed by atoms with Crippen molar-refractivity contribution in [1.29, 1.82) is 0 Å². The van der Waals surface area contributed by atoms with Gasteiger partial charge in [0.05, 0.1) is 5.38 Å². The summed E-state index contributed by atoms with van der Waals surface area (Å²) in [6.07, 6.45) is 6.77. The van der Waals surface area contributed by atoms with Crippen LogP contribution in [0.5, 0.6) is 0 Å². The average molecular weight is 373 g/mol. The van der Waals surface area contributed by atoms with Crippen molar-refractivity contribution in [3.63, 3.8) is 0 Å². The molecular formula is C16H23BrClN3. The van der Waals surface area contributed by atoms with Crippen molar-refractivity contribution >= 4 is 38.7 Å². The molecule has 0 aliphatic carbocycles. The van der Waals surface area contributed by atoms with Crippen LogP contribution in [0, 0.1) is 5.92 Å². The number of imidazole rings is 1. The minimum absolute atomic E-state index is 0.110. The fourth-order valence-electron chi connectivity index (χ4n) is 2.66. The summed E-state index contributed by atoms with van der Waals surface area (Å²) in [6, 6.07) is 2.01. The molecule has 0 saturated heterocycles. The smallest absolute Gasteiger partial charge is 0.160 e. The highest BCUT2D eigenvalue weighted by Gasteiger charge is 2.18. The Kier molecular flexibility index (Phi) is 6.06. The molecule has 2 aromatic rings. The van der Waals surface area contributed by atoms with Crippen LogP contribution in [0.15, 0.2) is 16.7 Å². The zero-order valence-corrected chi connectivity index (χ0v) is 15.3. The maximum absolute atomic E-state index is 6.33. The van der Waals surface area contributed by atoms with Crippen LogP contribution >= 0.6 is 27.5 Å². The normalized spacial score (nSPS) is 14.5. The SMILES string of the molecule is CCCCC(CC)Cn1c(C(C)Cl)nc2cc(Br)cnc21. The van der Waals surface area contributed by atoms with E-state index in [0.29, 0.717) is 5.92 Å². The van der Waals surface area contributed by atoms with Crippen LogP contribution in [0.4, 0.5) is 0 Å². The predicted octanol–water partition coefficient (Wildman–Crippen LogP) is 5.71. The molecule has 0 saturated carbocycles. The molecule has 2 rings (SSSR count). The third-order valence-electron chi connectivity index (χ3n) is 3.92. The summed E-state index contributed by atoms with van der Waals surface area (Å²) in [5.74, 6) is 1.58. The van der Waals surface area contributed by atoms with E-state index in [1.165, 1.54) is 25.7 Å². The second-order valence-electron chi connectivity index (χ2n) is 5.61. The van der Waals surface area contributed by atoms with Gasteiger partial charge in [-0.25, -0.2) is 9.97 Å². The average Bonchev–Trinajstić information content (AvgIpc) is 2.81. The molecule has 0 spiro atoms. The highest BCUT2D eigenvalue weighted by atomic mass is 79.9. The number of halogens is 2. The molecule has 0 aromatic carbocycles. The van der Waals surface area contributed by atoms with Crippen molar-refractivity contribution in [3.05, 3.63) is 22.6 Å². The molecule has 0 amide bonds. The van der Waals surface area contributed by atoms with Crippen LogP contribution in [-0.4, -0.2) is 14.5 Å². The minimum Gasteiger partial charge on any atom is -0.311 e. The molecule has 3 nitrogen and oxygen atoms in total. The second-order valence-corrected chi connectivity index (χ2v) is 7.18. The van der Waals surface area contributed by atoms with Crippen LogP contribution in [0.25, 0.3) is 11.2 Å². The van der Waals surface area contributed by atoms with E-state index in [9.17, 15) is 0 Å². The Hall–Kier alpha value is -0.610. The van der Waals surface area contributed by atoms with E-state index in [-0.39, 0.29) is 5.38 Å². The van der Waals surface area contributed by atoms with Crippen molar-refractivity contribution in [2.45, 2.75) is 58.4 Å². The Morgan fingerprint density at radius 3 is 2.76 bits per heavy atom. The second kappa shape index (κ2) is 7.59. The number of pyridine rings is 1. The third kappa shape index (κ3) is 3.98. The van der Waals surface area contributed by atoms with E-state index >= 15 is 0 Å². The number of unbranched alkanes of at least 4 members (excludes halogenated alkanes) is 1. The number of alkyl halides is 1. The Bertz CT molecular complexity index is 594. The lowest BCUT2D eigenvalue weighted by atomic mass is 9.99. The first kappa shape index (κ1) is 16.8. The summed E-state index contributed by atoms with van der Waals surface area (Å²) in [4.78, 5) is 9.23. The summed E-state index contributed by atoms with van der Waals surface area (Å²) >= 11 is 9.78. The zero-order chi connectivity index (χ0) is 15.4. The van der Waals surface area contributed by atoms with Crippen LogP contribution < -0.4 is 0 Å². The standard InChI is InChI=1S/C16H23BrClN3/c1-4-6-7-12(5-2)10-21-15(11(3)18)20-14-8-13(17)9-19-16(14)21/h8-9,11-12H,4-7,10H2,1-3H3. The highest BCUT2D eigenvalue weighted by molar-refractivity contribution is 9.10. The molecule has 2 aromatic heterocycles. The fourth-order valence-corrected chi connectivity index (χ4v) is 3.15. The van der Waals surface area contributed by atoms with Crippen LogP contribution in [0.2, 0.25) is 0 Å². The van der Waals surface area contributed by atoms with Crippen LogP contribution in [0.3, 0.4) is 0 Å². The molecule has 0 aliphatic rings. The van der Waals surface area contributed by atoms with Gasteiger partial charge in [0.1, 0.15) is 11.3 Å².